The molecule has 1 amide bonds. The Hall–Kier alpha value is -1.38. The van der Waals surface area contributed by atoms with E-state index < -0.39 is 0 Å². The van der Waals surface area contributed by atoms with Gasteiger partial charge in [0.05, 0.1) is 0 Å². The first-order valence-corrected chi connectivity index (χ1v) is 4.50. The molecule has 0 aromatic carbocycles. The zero-order chi connectivity index (χ0) is 9.26. The van der Waals surface area contributed by atoms with Crippen molar-refractivity contribution < 1.29 is 4.79 Å². The van der Waals surface area contributed by atoms with Crippen molar-refractivity contribution in [2.75, 3.05) is 11.4 Å². The number of amides is 1. The summed E-state index contributed by atoms with van der Waals surface area (Å²) >= 11 is 0. The molecule has 13 heavy (non-hydrogen) atoms. The minimum Gasteiger partial charge on any atom is -0.299 e. The second-order valence-corrected chi connectivity index (χ2v) is 3.34. The number of rotatable bonds is 1. The number of anilines is 1. The summed E-state index contributed by atoms with van der Waals surface area (Å²) < 4.78 is 0. The Labute approximate surface area is 77.4 Å². The number of carbonyl (C=O) groups is 1. The van der Waals surface area contributed by atoms with Gasteiger partial charge in [-0.3, -0.25) is 9.69 Å². The van der Waals surface area contributed by atoms with E-state index in [1.807, 2.05) is 13.0 Å². The van der Waals surface area contributed by atoms with Crippen LogP contribution in [-0.2, 0) is 11.2 Å². The summed E-state index contributed by atoms with van der Waals surface area (Å²) in [6, 6.07) is 4.06. The van der Waals surface area contributed by atoms with Crippen molar-refractivity contribution in [3.63, 3.8) is 0 Å². The molecule has 0 aliphatic carbocycles. The summed E-state index contributed by atoms with van der Waals surface area (Å²) in [5.41, 5.74) is 2.15. The Kier molecular flexibility index (Phi) is 2.00. The molecular weight excluding hydrogens is 164 g/mol. The highest BCUT2D eigenvalue weighted by molar-refractivity contribution is 5.75. The number of fused-ring (bicyclic) bond motifs is 1. The van der Waals surface area contributed by atoms with Crippen molar-refractivity contribution in [1.29, 1.82) is 0 Å². The van der Waals surface area contributed by atoms with E-state index in [1.54, 1.807) is 4.90 Å². The van der Waals surface area contributed by atoms with Crippen molar-refractivity contribution in [3.8, 4) is 0 Å². The molecule has 3 nitrogen and oxygen atoms in total. The molecule has 2 rings (SSSR count). The molecule has 0 spiro atoms. The smallest absolute Gasteiger partial charge is 0.215 e. The van der Waals surface area contributed by atoms with Gasteiger partial charge >= 0.3 is 0 Å². The van der Waals surface area contributed by atoms with Gasteiger partial charge in [0.15, 0.2) is 0 Å². The van der Waals surface area contributed by atoms with Crippen molar-refractivity contribution >= 4 is 12.2 Å². The number of hydrogen-bond donors (Lipinski definition) is 0. The fourth-order valence-electron chi connectivity index (χ4n) is 1.66. The van der Waals surface area contributed by atoms with Crippen molar-refractivity contribution in [3.05, 3.63) is 23.4 Å². The molecule has 0 saturated carbocycles. The van der Waals surface area contributed by atoms with E-state index in [9.17, 15) is 4.79 Å². The fraction of sp³-hybridized carbons (Fsp3) is 0.400. The average molecular weight is 176 g/mol. The van der Waals surface area contributed by atoms with E-state index in [-0.39, 0.29) is 0 Å². The molecule has 0 saturated heterocycles. The average Bonchev–Trinajstić information content (AvgIpc) is 2.17. The van der Waals surface area contributed by atoms with Gasteiger partial charge in [0.2, 0.25) is 6.41 Å². The summed E-state index contributed by atoms with van der Waals surface area (Å²) in [4.78, 5) is 16.8. The van der Waals surface area contributed by atoms with Gasteiger partial charge in [-0.25, -0.2) is 4.98 Å². The van der Waals surface area contributed by atoms with Gasteiger partial charge in [0, 0.05) is 12.2 Å². The normalized spacial score (nSPS) is 15.3. The number of aromatic nitrogens is 1. The lowest BCUT2D eigenvalue weighted by Crippen LogP contribution is -2.28. The van der Waals surface area contributed by atoms with Gasteiger partial charge in [-0.2, -0.15) is 0 Å². The standard InChI is InChI=1S/C10H12N2O/c1-8-4-5-9-3-2-6-12(7-13)10(9)11-8/h4-5,7H,2-3,6H2,1H3. The molecule has 1 aliphatic rings. The van der Waals surface area contributed by atoms with Crippen molar-refractivity contribution in [1.82, 2.24) is 4.98 Å². The van der Waals surface area contributed by atoms with Crippen LogP contribution < -0.4 is 4.90 Å². The molecule has 1 aromatic rings. The van der Waals surface area contributed by atoms with Gasteiger partial charge in [-0.05, 0) is 31.4 Å². The van der Waals surface area contributed by atoms with Gasteiger partial charge < -0.3 is 0 Å². The molecule has 0 unspecified atom stereocenters. The molecule has 0 atom stereocenters. The summed E-state index contributed by atoms with van der Waals surface area (Å²) in [5.74, 6) is 0.848. The monoisotopic (exact) mass is 176 g/mol. The predicted octanol–water partition coefficient (Wildman–Crippen LogP) is 1.30. The molecule has 0 N–H and O–H groups in total. The Morgan fingerprint density at radius 3 is 3.15 bits per heavy atom. The second-order valence-electron chi connectivity index (χ2n) is 3.34. The van der Waals surface area contributed by atoms with Crippen LogP contribution in [0.2, 0.25) is 0 Å². The third-order valence-corrected chi connectivity index (χ3v) is 2.34. The Balaban J connectivity index is 2.47. The minimum absolute atomic E-state index is 0.799. The highest BCUT2D eigenvalue weighted by Crippen LogP contribution is 2.23. The molecule has 1 aromatic heterocycles. The zero-order valence-corrected chi connectivity index (χ0v) is 7.66. The van der Waals surface area contributed by atoms with Crippen LogP contribution in [0.15, 0.2) is 12.1 Å². The topological polar surface area (TPSA) is 33.2 Å². The van der Waals surface area contributed by atoms with Crippen molar-refractivity contribution in [2.45, 2.75) is 19.8 Å². The van der Waals surface area contributed by atoms with Crippen LogP contribution in [-0.4, -0.2) is 17.9 Å². The third kappa shape index (κ3) is 1.41. The zero-order valence-electron chi connectivity index (χ0n) is 7.66. The van der Waals surface area contributed by atoms with E-state index in [4.69, 9.17) is 0 Å². The lowest BCUT2D eigenvalue weighted by Gasteiger charge is -2.24. The lowest BCUT2D eigenvalue weighted by atomic mass is 10.1. The minimum atomic E-state index is 0.799. The third-order valence-electron chi connectivity index (χ3n) is 2.34. The number of pyridine rings is 1. The van der Waals surface area contributed by atoms with E-state index in [0.29, 0.717) is 0 Å². The highest BCUT2D eigenvalue weighted by Gasteiger charge is 2.16. The first-order valence-electron chi connectivity index (χ1n) is 4.50. The second kappa shape index (κ2) is 3.17. The Morgan fingerprint density at radius 1 is 1.54 bits per heavy atom. The number of aryl methyl sites for hydroxylation is 2. The molecule has 3 heteroatoms. The summed E-state index contributed by atoms with van der Waals surface area (Å²) in [7, 11) is 0. The maximum absolute atomic E-state index is 10.7. The van der Waals surface area contributed by atoms with Crippen LogP contribution in [0.4, 0.5) is 5.82 Å². The fourth-order valence-corrected chi connectivity index (χ4v) is 1.66. The van der Waals surface area contributed by atoms with E-state index in [2.05, 4.69) is 11.1 Å². The summed E-state index contributed by atoms with van der Waals surface area (Å²) in [5, 5.41) is 0. The lowest BCUT2D eigenvalue weighted by molar-refractivity contribution is -0.107. The van der Waals surface area contributed by atoms with E-state index >= 15 is 0 Å². The van der Waals surface area contributed by atoms with Crippen LogP contribution in [0.1, 0.15) is 17.7 Å². The van der Waals surface area contributed by atoms with Crippen molar-refractivity contribution in [2.24, 2.45) is 0 Å². The Morgan fingerprint density at radius 2 is 2.38 bits per heavy atom. The molecular formula is C10H12N2O. The number of carbonyl (C=O) groups excluding carboxylic acids is 1. The Bertz CT molecular complexity index is 336. The van der Waals surface area contributed by atoms with Crippen LogP contribution in [0.5, 0.6) is 0 Å². The number of hydrogen-bond acceptors (Lipinski definition) is 2. The van der Waals surface area contributed by atoms with Gasteiger partial charge in [-0.15, -0.1) is 0 Å². The van der Waals surface area contributed by atoms with Gasteiger partial charge in [-0.1, -0.05) is 6.07 Å². The molecule has 2 heterocycles. The van der Waals surface area contributed by atoms with E-state index in [1.165, 1.54) is 5.56 Å². The van der Waals surface area contributed by atoms with Gasteiger partial charge in [0.25, 0.3) is 0 Å². The quantitative estimate of drug-likeness (QED) is 0.604. The molecule has 0 radical (unpaired) electrons. The summed E-state index contributed by atoms with van der Waals surface area (Å²) in [6.45, 7) is 2.74. The van der Waals surface area contributed by atoms with Crippen LogP contribution in [0, 0.1) is 6.92 Å². The largest absolute Gasteiger partial charge is 0.299 e. The van der Waals surface area contributed by atoms with Crippen LogP contribution in [0.25, 0.3) is 0 Å². The number of nitrogens with zero attached hydrogens (tertiary/aromatic N) is 2. The molecule has 1 aliphatic heterocycles. The SMILES string of the molecule is Cc1ccc2c(n1)N(C=O)CCC2. The van der Waals surface area contributed by atoms with Crippen LogP contribution >= 0.6 is 0 Å². The molecule has 0 fully saturated rings. The van der Waals surface area contributed by atoms with Gasteiger partial charge in [0.1, 0.15) is 5.82 Å². The predicted molar refractivity (Wildman–Crippen MR) is 50.7 cm³/mol. The first-order chi connectivity index (χ1) is 6.31. The van der Waals surface area contributed by atoms with E-state index in [0.717, 1.165) is 37.3 Å². The summed E-state index contributed by atoms with van der Waals surface area (Å²) in [6.07, 6.45) is 2.94. The molecule has 0 bridgehead atoms. The van der Waals surface area contributed by atoms with Crippen LogP contribution in [0.3, 0.4) is 0 Å². The maximum Gasteiger partial charge on any atom is 0.215 e. The highest BCUT2D eigenvalue weighted by atomic mass is 16.1. The first kappa shape index (κ1) is 8.23. The molecule has 68 valence electrons. The maximum atomic E-state index is 10.7.